The molecule has 6 nitrogen and oxygen atoms in total. The lowest BCUT2D eigenvalue weighted by molar-refractivity contribution is 0.193. The van der Waals surface area contributed by atoms with Gasteiger partial charge >= 0.3 is 0 Å². The Balaban J connectivity index is 1.64. The van der Waals surface area contributed by atoms with E-state index in [0.29, 0.717) is 5.92 Å². The second-order valence-corrected chi connectivity index (χ2v) is 5.14. The average Bonchev–Trinajstić information content (AvgIpc) is 3.18. The first-order valence-corrected chi connectivity index (χ1v) is 6.91. The molecule has 2 aromatic heterocycles. The van der Waals surface area contributed by atoms with E-state index < -0.39 is 0 Å². The number of hydrogen-bond donors (Lipinski definition) is 1. The van der Waals surface area contributed by atoms with Gasteiger partial charge in [-0.3, -0.25) is 5.10 Å². The summed E-state index contributed by atoms with van der Waals surface area (Å²) in [5, 5.41) is 6.79. The van der Waals surface area contributed by atoms with Gasteiger partial charge in [0.2, 0.25) is 0 Å². The molecule has 2 aromatic rings. The minimum absolute atomic E-state index is 0.416. The lowest BCUT2D eigenvalue weighted by atomic mass is 10.0. The van der Waals surface area contributed by atoms with Crippen LogP contribution in [-0.2, 0) is 11.2 Å². The predicted molar refractivity (Wildman–Crippen MR) is 75.8 cm³/mol. The maximum Gasteiger partial charge on any atom is 0.131 e. The van der Waals surface area contributed by atoms with Crippen LogP contribution < -0.4 is 4.90 Å². The van der Waals surface area contributed by atoms with Crippen molar-refractivity contribution < 1.29 is 4.74 Å². The Labute approximate surface area is 118 Å². The summed E-state index contributed by atoms with van der Waals surface area (Å²) in [6, 6.07) is 2.08. The fourth-order valence-corrected chi connectivity index (χ4v) is 2.39. The zero-order valence-corrected chi connectivity index (χ0v) is 11.6. The quantitative estimate of drug-likeness (QED) is 0.891. The van der Waals surface area contributed by atoms with Gasteiger partial charge in [0.1, 0.15) is 12.1 Å². The van der Waals surface area contributed by atoms with Crippen molar-refractivity contribution in [2.75, 3.05) is 31.7 Å². The Morgan fingerprint density at radius 3 is 3.15 bits per heavy atom. The molecular weight excluding hydrogens is 254 g/mol. The lowest BCUT2D eigenvalue weighted by Gasteiger charge is -2.18. The van der Waals surface area contributed by atoms with Gasteiger partial charge in [-0.05, 0) is 18.4 Å². The summed E-state index contributed by atoms with van der Waals surface area (Å²) < 4.78 is 5.42. The molecule has 0 amide bonds. The van der Waals surface area contributed by atoms with Crippen LogP contribution in [0, 0.1) is 0 Å². The molecule has 1 N–H and O–H groups in total. The van der Waals surface area contributed by atoms with Crippen LogP contribution in [0.25, 0.3) is 0 Å². The van der Waals surface area contributed by atoms with Gasteiger partial charge in [0.25, 0.3) is 0 Å². The molecule has 0 bridgehead atoms. The molecular formula is C14H19N5O. The maximum absolute atomic E-state index is 5.42. The maximum atomic E-state index is 5.42. The molecule has 0 saturated carbocycles. The molecule has 3 heterocycles. The topological polar surface area (TPSA) is 66.9 Å². The first-order chi connectivity index (χ1) is 9.83. The fourth-order valence-electron chi connectivity index (χ4n) is 2.39. The molecule has 1 aliphatic heterocycles. The number of anilines is 1. The van der Waals surface area contributed by atoms with Crippen molar-refractivity contribution in [1.82, 2.24) is 20.2 Å². The van der Waals surface area contributed by atoms with Gasteiger partial charge in [0, 0.05) is 38.4 Å². The molecule has 106 valence electrons. The number of H-pyrrole nitrogens is 1. The summed E-state index contributed by atoms with van der Waals surface area (Å²) in [7, 11) is 2.05. The van der Waals surface area contributed by atoms with Crippen LogP contribution in [0.15, 0.2) is 24.8 Å². The van der Waals surface area contributed by atoms with Crippen LogP contribution in [0.5, 0.6) is 0 Å². The number of hydrogen-bond acceptors (Lipinski definition) is 5. The van der Waals surface area contributed by atoms with Crippen molar-refractivity contribution in [3.63, 3.8) is 0 Å². The van der Waals surface area contributed by atoms with Crippen molar-refractivity contribution in [3.8, 4) is 0 Å². The third kappa shape index (κ3) is 2.96. The van der Waals surface area contributed by atoms with Gasteiger partial charge in [-0.15, -0.1) is 0 Å². The van der Waals surface area contributed by atoms with Gasteiger partial charge in [0.15, 0.2) is 0 Å². The molecule has 0 spiro atoms. The number of likely N-dealkylation sites (N-methyl/N-ethyl adjacent to an activating group) is 1. The highest BCUT2D eigenvalue weighted by molar-refractivity contribution is 5.39. The van der Waals surface area contributed by atoms with E-state index in [-0.39, 0.29) is 0 Å². The highest BCUT2D eigenvalue weighted by atomic mass is 16.5. The Morgan fingerprint density at radius 1 is 1.45 bits per heavy atom. The standard InChI is InChI=1S/C14H19N5O/c1-19(4-2-11-7-17-18-8-11)14-6-13(15-10-16-14)12-3-5-20-9-12/h6-8,10,12H,2-5,9H2,1H3,(H,17,18). The second-order valence-electron chi connectivity index (χ2n) is 5.14. The molecule has 0 aromatic carbocycles. The Bertz CT molecular complexity index is 536. The number of nitrogens with zero attached hydrogens (tertiary/aromatic N) is 4. The van der Waals surface area contributed by atoms with E-state index in [1.807, 2.05) is 12.4 Å². The van der Waals surface area contributed by atoms with Crippen LogP contribution in [0.4, 0.5) is 5.82 Å². The SMILES string of the molecule is CN(CCc1cn[nH]c1)c1cc(C2CCOC2)ncn1. The van der Waals surface area contributed by atoms with Gasteiger partial charge in [0.05, 0.1) is 18.5 Å². The van der Waals surface area contributed by atoms with Crippen LogP contribution in [-0.4, -0.2) is 47.0 Å². The molecule has 3 rings (SSSR count). The molecule has 1 saturated heterocycles. The van der Waals surface area contributed by atoms with Crippen molar-refractivity contribution in [1.29, 1.82) is 0 Å². The Hall–Kier alpha value is -1.95. The molecule has 20 heavy (non-hydrogen) atoms. The summed E-state index contributed by atoms with van der Waals surface area (Å²) in [6.45, 7) is 2.51. The largest absolute Gasteiger partial charge is 0.381 e. The molecule has 1 fully saturated rings. The van der Waals surface area contributed by atoms with E-state index in [0.717, 1.165) is 44.1 Å². The fraction of sp³-hybridized carbons (Fsp3) is 0.500. The van der Waals surface area contributed by atoms with E-state index in [9.17, 15) is 0 Å². The van der Waals surface area contributed by atoms with Crippen molar-refractivity contribution in [2.45, 2.75) is 18.8 Å². The average molecular weight is 273 g/mol. The smallest absolute Gasteiger partial charge is 0.131 e. The molecule has 6 heteroatoms. The van der Waals surface area contributed by atoms with E-state index in [1.54, 1.807) is 6.33 Å². The van der Waals surface area contributed by atoms with Crippen LogP contribution in [0.2, 0.25) is 0 Å². The first kappa shape index (κ1) is 13.1. The predicted octanol–water partition coefficient (Wildman–Crippen LogP) is 1.38. The number of rotatable bonds is 5. The summed E-state index contributed by atoms with van der Waals surface area (Å²) in [5.74, 6) is 1.38. The van der Waals surface area contributed by atoms with E-state index in [1.165, 1.54) is 5.56 Å². The van der Waals surface area contributed by atoms with Gasteiger partial charge in [-0.1, -0.05) is 0 Å². The summed E-state index contributed by atoms with van der Waals surface area (Å²) in [5.41, 5.74) is 2.29. The van der Waals surface area contributed by atoms with Crippen molar-refractivity contribution in [3.05, 3.63) is 36.0 Å². The van der Waals surface area contributed by atoms with Crippen molar-refractivity contribution in [2.24, 2.45) is 0 Å². The summed E-state index contributed by atoms with van der Waals surface area (Å²) >= 11 is 0. The van der Waals surface area contributed by atoms with E-state index >= 15 is 0 Å². The Kier molecular flexibility index (Phi) is 3.92. The highest BCUT2D eigenvalue weighted by Gasteiger charge is 2.20. The lowest BCUT2D eigenvalue weighted by Crippen LogP contribution is -2.21. The third-order valence-corrected chi connectivity index (χ3v) is 3.70. The van der Waals surface area contributed by atoms with Crippen LogP contribution >= 0.6 is 0 Å². The summed E-state index contributed by atoms with van der Waals surface area (Å²) in [4.78, 5) is 10.9. The first-order valence-electron chi connectivity index (χ1n) is 6.91. The molecule has 1 aliphatic rings. The number of aromatic amines is 1. The van der Waals surface area contributed by atoms with Crippen molar-refractivity contribution >= 4 is 5.82 Å². The molecule has 1 unspecified atom stereocenters. The normalized spacial score (nSPS) is 18.4. The van der Waals surface area contributed by atoms with E-state index in [4.69, 9.17) is 4.74 Å². The molecule has 0 radical (unpaired) electrons. The van der Waals surface area contributed by atoms with Gasteiger partial charge < -0.3 is 9.64 Å². The molecule has 1 atom stereocenters. The number of ether oxygens (including phenoxy) is 1. The summed E-state index contributed by atoms with van der Waals surface area (Å²) in [6.07, 6.45) is 7.43. The minimum Gasteiger partial charge on any atom is -0.381 e. The van der Waals surface area contributed by atoms with Crippen LogP contribution in [0.3, 0.4) is 0 Å². The zero-order chi connectivity index (χ0) is 13.8. The number of nitrogens with one attached hydrogen (secondary N) is 1. The Morgan fingerprint density at radius 2 is 2.40 bits per heavy atom. The zero-order valence-electron chi connectivity index (χ0n) is 11.6. The second kappa shape index (κ2) is 6.00. The highest BCUT2D eigenvalue weighted by Crippen LogP contribution is 2.25. The minimum atomic E-state index is 0.416. The van der Waals surface area contributed by atoms with Gasteiger partial charge in [-0.2, -0.15) is 5.10 Å². The third-order valence-electron chi connectivity index (χ3n) is 3.70. The number of aromatic nitrogens is 4. The molecule has 0 aliphatic carbocycles. The van der Waals surface area contributed by atoms with Gasteiger partial charge in [-0.25, -0.2) is 9.97 Å². The van der Waals surface area contributed by atoms with Crippen LogP contribution in [0.1, 0.15) is 23.6 Å². The van der Waals surface area contributed by atoms with E-state index in [2.05, 4.69) is 38.2 Å². The monoisotopic (exact) mass is 273 g/mol.